The molecular weight excluding hydrogens is 244 g/mol. The van der Waals surface area contributed by atoms with Crippen LogP contribution in [0.5, 0.6) is 0 Å². The summed E-state index contributed by atoms with van der Waals surface area (Å²) in [6.07, 6.45) is 0.963. The van der Waals surface area contributed by atoms with Crippen LogP contribution in [0.1, 0.15) is 43.4 Å². The molecular formula is C13H24N4O2. The highest BCUT2D eigenvalue weighted by atomic mass is 16.6. The number of ether oxygens (including phenoxy) is 1. The van der Waals surface area contributed by atoms with Gasteiger partial charge in [0, 0.05) is 6.54 Å². The van der Waals surface area contributed by atoms with Crippen molar-refractivity contribution < 1.29 is 9.53 Å². The quantitative estimate of drug-likeness (QED) is 0.757. The van der Waals surface area contributed by atoms with Crippen molar-refractivity contribution in [1.82, 2.24) is 19.9 Å². The van der Waals surface area contributed by atoms with E-state index in [2.05, 4.69) is 15.2 Å². The van der Waals surface area contributed by atoms with Gasteiger partial charge in [0.15, 0.2) is 5.69 Å². The highest BCUT2D eigenvalue weighted by molar-refractivity contribution is 5.88. The van der Waals surface area contributed by atoms with Crippen molar-refractivity contribution in [1.29, 1.82) is 0 Å². The van der Waals surface area contributed by atoms with Gasteiger partial charge in [-0.3, -0.25) is 0 Å². The minimum atomic E-state index is -0.516. The van der Waals surface area contributed by atoms with Crippen LogP contribution in [0, 0.1) is 6.92 Å². The Hall–Kier alpha value is -1.43. The van der Waals surface area contributed by atoms with Gasteiger partial charge in [-0.25, -0.2) is 9.48 Å². The molecule has 0 fully saturated rings. The predicted molar refractivity (Wildman–Crippen MR) is 73.1 cm³/mol. The van der Waals surface area contributed by atoms with Crippen molar-refractivity contribution in [2.24, 2.45) is 0 Å². The van der Waals surface area contributed by atoms with Gasteiger partial charge < -0.3 is 9.64 Å². The number of hydrogen-bond acceptors (Lipinski definition) is 5. The van der Waals surface area contributed by atoms with Crippen LogP contribution in [0.2, 0.25) is 0 Å². The molecule has 19 heavy (non-hydrogen) atoms. The van der Waals surface area contributed by atoms with E-state index in [1.165, 1.54) is 0 Å². The molecule has 0 bridgehead atoms. The third-order valence-corrected chi connectivity index (χ3v) is 2.55. The first kappa shape index (κ1) is 15.6. The van der Waals surface area contributed by atoms with Crippen LogP contribution in [0.15, 0.2) is 0 Å². The van der Waals surface area contributed by atoms with Crippen LogP contribution >= 0.6 is 0 Å². The number of hydrogen-bond donors (Lipinski definition) is 0. The molecule has 1 aromatic rings. The van der Waals surface area contributed by atoms with Gasteiger partial charge in [-0.05, 0) is 54.8 Å². The van der Waals surface area contributed by atoms with Crippen LogP contribution in [-0.2, 0) is 11.3 Å². The van der Waals surface area contributed by atoms with Crippen molar-refractivity contribution in [3.63, 3.8) is 0 Å². The van der Waals surface area contributed by atoms with Gasteiger partial charge in [0.25, 0.3) is 0 Å². The fourth-order valence-corrected chi connectivity index (χ4v) is 1.62. The molecule has 108 valence electrons. The Morgan fingerprint density at radius 2 is 2.00 bits per heavy atom. The van der Waals surface area contributed by atoms with Gasteiger partial charge in [0.2, 0.25) is 0 Å². The Kier molecular flexibility index (Phi) is 5.05. The Morgan fingerprint density at radius 1 is 1.37 bits per heavy atom. The zero-order valence-corrected chi connectivity index (χ0v) is 12.7. The Balaban J connectivity index is 2.67. The molecule has 0 amide bonds. The lowest BCUT2D eigenvalue weighted by Gasteiger charge is -2.18. The first-order valence-electron chi connectivity index (χ1n) is 6.49. The zero-order valence-electron chi connectivity index (χ0n) is 12.7. The molecule has 0 N–H and O–H groups in total. The minimum absolute atomic E-state index is 0.305. The van der Waals surface area contributed by atoms with Crippen molar-refractivity contribution in [3.8, 4) is 0 Å². The summed E-state index contributed by atoms with van der Waals surface area (Å²) in [4.78, 5) is 14.0. The van der Waals surface area contributed by atoms with Gasteiger partial charge >= 0.3 is 5.97 Å². The Bertz CT molecular complexity index is 432. The Labute approximate surface area is 114 Å². The summed E-state index contributed by atoms with van der Waals surface area (Å²) < 4.78 is 7.05. The smallest absolute Gasteiger partial charge is 0.361 e. The van der Waals surface area contributed by atoms with Gasteiger partial charge in [-0.2, -0.15) is 0 Å². The van der Waals surface area contributed by atoms with Crippen LogP contribution in [0.25, 0.3) is 0 Å². The van der Waals surface area contributed by atoms with Crippen LogP contribution in [0.4, 0.5) is 0 Å². The molecule has 1 rings (SSSR count). The van der Waals surface area contributed by atoms with Crippen molar-refractivity contribution in [2.45, 2.75) is 46.3 Å². The second-order valence-corrected chi connectivity index (χ2v) is 5.91. The van der Waals surface area contributed by atoms with Crippen LogP contribution < -0.4 is 0 Å². The SMILES string of the molecule is Cc1c(C(=O)OC(C)(C)C)nnn1CCCN(C)C. The highest BCUT2D eigenvalue weighted by Crippen LogP contribution is 2.13. The number of aryl methyl sites for hydroxylation is 1. The van der Waals surface area contributed by atoms with Gasteiger partial charge in [-0.1, -0.05) is 5.21 Å². The fourth-order valence-electron chi connectivity index (χ4n) is 1.62. The molecule has 0 aliphatic heterocycles. The van der Waals surface area contributed by atoms with E-state index >= 15 is 0 Å². The van der Waals surface area contributed by atoms with E-state index in [1.807, 2.05) is 41.8 Å². The van der Waals surface area contributed by atoms with Crippen LogP contribution in [-0.4, -0.2) is 52.1 Å². The summed E-state index contributed by atoms with van der Waals surface area (Å²) in [5.41, 5.74) is 0.547. The first-order valence-corrected chi connectivity index (χ1v) is 6.49. The van der Waals surface area contributed by atoms with Gasteiger partial charge in [0.05, 0.1) is 5.69 Å². The van der Waals surface area contributed by atoms with Crippen molar-refractivity contribution in [2.75, 3.05) is 20.6 Å². The Morgan fingerprint density at radius 3 is 2.53 bits per heavy atom. The van der Waals surface area contributed by atoms with Crippen molar-refractivity contribution >= 4 is 5.97 Å². The molecule has 0 aromatic carbocycles. The predicted octanol–water partition coefficient (Wildman–Crippen LogP) is 1.49. The standard InChI is InChI=1S/C13H24N4O2/c1-10-11(12(18)19-13(2,3)4)14-15-17(10)9-7-8-16(5)6/h7-9H2,1-6H3. The number of nitrogens with zero attached hydrogens (tertiary/aromatic N) is 4. The third-order valence-electron chi connectivity index (χ3n) is 2.55. The average Bonchev–Trinajstić information content (AvgIpc) is 2.57. The zero-order chi connectivity index (χ0) is 14.6. The topological polar surface area (TPSA) is 60.2 Å². The third kappa shape index (κ3) is 4.98. The largest absolute Gasteiger partial charge is 0.455 e. The minimum Gasteiger partial charge on any atom is -0.455 e. The van der Waals surface area contributed by atoms with E-state index in [0.717, 1.165) is 25.2 Å². The number of aromatic nitrogens is 3. The summed E-state index contributed by atoms with van der Waals surface area (Å²) >= 11 is 0. The molecule has 0 atom stereocenters. The number of carbonyl (C=O) groups is 1. The number of carbonyl (C=O) groups excluding carboxylic acids is 1. The summed E-state index contributed by atoms with van der Waals surface area (Å²) in [5, 5.41) is 7.93. The molecule has 1 heterocycles. The highest BCUT2D eigenvalue weighted by Gasteiger charge is 2.23. The molecule has 1 aromatic heterocycles. The average molecular weight is 268 g/mol. The maximum Gasteiger partial charge on any atom is 0.361 e. The maximum atomic E-state index is 11.9. The molecule has 0 unspecified atom stereocenters. The van der Waals surface area contributed by atoms with E-state index in [1.54, 1.807) is 4.68 Å². The molecule has 0 aliphatic rings. The molecule has 0 spiro atoms. The summed E-state index contributed by atoms with van der Waals surface area (Å²) in [6, 6.07) is 0. The fraction of sp³-hybridized carbons (Fsp3) is 0.769. The van der Waals surface area contributed by atoms with E-state index < -0.39 is 11.6 Å². The number of rotatable bonds is 5. The molecule has 0 saturated carbocycles. The van der Waals surface area contributed by atoms with E-state index in [9.17, 15) is 4.79 Å². The van der Waals surface area contributed by atoms with E-state index in [0.29, 0.717) is 5.69 Å². The van der Waals surface area contributed by atoms with Gasteiger partial charge in [-0.15, -0.1) is 5.10 Å². The van der Waals surface area contributed by atoms with Crippen LogP contribution in [0.3, 0.4) is 0 Å². The monoisotopic (exact) mass is 268 g/mol. The molecule has 6 heteroatoms. The molecule has 0 radical (unpaired) electrons. The molecule has 0 saturated heterocycles. The lowest BCUT2D eigenvalue weighted by molar-refractivity contribution is 0.00618. The first-order chi connectivity index (χ1) is 8.70. The van der Waals surface area contributed by atoms with E-state index in [4.69, 9.17) is 4.74 Å². The second-order valence-electron chi connectivity index (χ2n) is 5.91. The lowest BCUT2D eigenvalue weighted by atomic mass is 10.2. The van der Waals surface area contributed by atoms with E-state index in [-0.39, 0.29) is 0 Å². The normalized spacial score (nSPS) is 11.9. The summed E-state index contributed by atoms with van der Waals surface area (Å²) in [7, 11) is 4.06. The summed E-state index contributed by atoms with van der Waals surface area (Å²) in [5.74, 6) is -0.413. The number of esters is 1. The lowest BCUT2D eigenvalue weighted by Crippen LogP contribution is -2.24. The summed E-state index contributed by atoms with van der Waals surface area (Å²) in [6.45, 7) is 9.07. The molecule has 6 nitrogen and oxygen atoms in total. The second kappa shape index (κ2) is 6.14. The van der Waals surface area contributed by atoms with Crippen molar-refractivity contribution in [3.05, 3.63) is 11.4 Å². The molecule has 0 aliphatic carbocycles. The van der Waals surface area contributed by atoms with Gasteiger partial charge in [0.1, 0.15) is 5.60 Å². The maximum absolute atomic E-state index is 11.9.